The molecule has 160 valence electrons. The fourth-order valence-corrected chi connectivity index (χ4v) is 6.21. The Morgan fingerprint density at radius 3 is 2.60 bits per heavy atom. The molecule has 7 heteroatoms. The molecule has 0 bridgehead atoms. The normalized spacial score (nSPS) is 26.2. The van der Waals surface area contributed by atoms with Crippen LogP contribution in [-0.4, -0.2) is 56.5 Å². The summed E-state index contributed by atoms with van der Waals surface area (Å²) in [5, 5.41) is 0. The van der Waals surface area contributed by atoms with Crippen LogP contribution in [0.25, 0.3) is 0 Å². The van der Waals surface area contributed by atoms with Gasteiger partial charge in [0.15, 0.2) is 0 Å². The van der Waals surface area contributed by atoms with Crippen molar-refractivity contribution >= 4 is 10.0 Å². The summed E-state index contributed by atoms with van der Waals surface area (Å²) in [7, 11) is -2.04. The second-order valence-corrected chi connectivity index (χ2v) is 10.7. The number of benzene rings is 2. The van der Waals surface area contributed by atoms with Crippen molar-refractivity contribution in [3.63, 3.8) is 0 Å². The molecule has 2 aliphatic heterocycles. The average Bonchev–Trinajstić information content (AvgIpc) is 3.49. The van der Waals surface area contributed by atoms with E-state index in [0.29, 0.717) is 18.8 Å². The highest BCUT2D eigenvalue weighted by Gasteiger charge is 2.48. The van der Waals surface area contributed by atoms with Crippen molar-refractivity contribution in [2.75, 3.05) is 33.3 Å². The van der Waals surface area contributed by atoms with E-state index in [1.54, 1.807) is 29.6 Å². The lowest BCUT2D eigenvalue weighted by atomic mass is 10.0. The minimum Gasteiger partial charge on any atom is -0.497 e. The maximum Gasteiger partial charge on any atom is 0.247 e. The van der Waals surface area contributed by atoms with E-state index in [1.807, 2.05) is 30.3 Å². The first-order valence-corrected chi connectivity index (χ1v) is 12.0. The number of para-hydroxylation sites is 1. The highest BCUT2D eigenvalue weighted by atomic mass is 32.2. The summed E-state index contributed by atoms with van der Waals surface area (Å²) in [4.78, 5) is 2.71. The van der Waals surface area contributed by atoms with E-state index >= 15 is 0 Å². The summed E-state index contributed by atoms with van der Waals surface area (Å²) in [5.74, 6) is 2.04. The van der Waals surface area contributed by atoms with Crippen LogP contribution < -0.4 is 9.47 Å². The van der Waals surface area contributed by atoms with E-state index in [0.717, 1.165) is 43.3 Å². The maximum absolute atomic E-state index is 13.6. The van der Waals surface area contributed by atoms with Gasteiger partial charge in [0.1, 0.15) is 22.0 Å². The first-order chi connectivity index (χ1) is 14.5. The molecule has 30 heavy (non-hydrogen) atoms. The van der Waals surface area contributed by atoms with Gasteiger partial charge in [-0.25, -0.2) is 8.42 Å². The zero-order valence-electron chi connectivity index (χ0n) is 17.3. The van der Waals surface area contributed by atoms with Crippen molar-refractivity contribution in [2.45, 2.75) is 36.3 Å². The number of nitrogens with zero attached hydrogens (tertiary/aromatic N) is 2. The number of sulfonamides is 1. The van der Waals surface area contributed by atoms with Crippen LogP contribution in [0.2, 0.25) is 0 Å². The number of hydrogen-bond acceptors (Lipinski definition) is 5. The van der Waals surface area contributed by atoms with E-state index < -0.39 is 15.6 Å². The molecule has 1 saturated carbocycles. The summed E-state index contributed by atoms with van der Waals surface area (Å²) in [6.45, 7) is 3.49. The Labute approximate surface area is 178 Å². The van der Waals surface area contributed by atoms with Crippen LogP contribution in [0.1, 0.15) is 24.8 Å². The van der Waals surface area contributed by atoms with Crippen LogP contribution in [-0.2, 0) is 16.6 Å². The first kappa shape index (κ1) is 19.8. The summed E-state index contributed by atoms with van der Waals surface area (Å²) in [5.41, 5.74) is 0.419. The van der Waals surface area contributed by atoms with E-state index in [4.69, 9.17) is 9.47 Å². The Morgan fingerprint density at radius 1 is 1.10 bits per heavy atom. The topological polar surface area (TPSA) is 59.1 Å². The molecule has 0 N–H and O–H groups in total. The minimum atomic E-state index is -3.67. The van der Waals surface area contributed by atoms with Gasteiger partial charge in [-0.15, -0.1) is 0 Å². The quantitative estimate of drug-likeness (QED) is 0.732. The molecule has 1 unspecified atom stereocenters. The van der Waals surface area contributed by atoms with Crippen LogP contribution in [0, 0.1) is 5.92 Å². The summed E-state index contributed by atoms with van der Waals surface area (Å²) >= 11 is 0. The van der Waals surface area contributed by atoms with Gasteiger partial charge in [-0.2, -0.15) is 4.31 Å². The van der Waals surface area contributed by atoms with Gasteiger partial charge in [-0.05, 0) is 48.6 Å². The molecule has 3 aliphatic rings. The van der Waals surface area contributed by atoms with E-state index in [9.17, 15) is 8.42 Å². The van der Waals surface area contributed by atoms with Gasteiger partial charge >= 0.3 is 0 Å². The lowest BCUT2D eigenvalue weighted by Gasteiger charge is -2.32. The van der Waals surface area contributed by atoms with Gasteiger partial charge < -0.3 is 9.47 Å². The SMILES string of the molecule is COc1ccc(CN2CC3(CCN(CC4CC4)C3)Oc3ccccc3S2(=O)=O)cc1. The van der Waals surface area contributed by atoms with Crippen LogP contribution in [0.5, 0.6) is 11.5 Å². The van der Waals surface area contributed by atoms with E-state index in [-0.39, 0.29) is 4.90 Å². The van der Waals surface area contributed by atoms with Crippen LogP contribution in [0.3, 0.4) is 0 Å². The van der Waals surface area contributed by atoms with Gasteiger partial charge in [0.05, 0.1) is 13.7 Å². The molecule has 2 fully saturated rings. The van der Waals surface area contributed by atoms with Crippen molar-refractivity contribution in [3.05, 3.63) is 54.1 Å². The third-order valence-electron chi connectivity index (χ3n) is 6.38. The predicted molar refractivity (Wildman–Crippen MR) is 114 cm³/mol. The molecule has 0 amide bonds. The Hall–Kier alpha value is -2.09. The zero-order valence-corrected chi connectivity index (χ0v) is 18.1. The second kappa shape index (κ2) is 7.55. The Morgan fingerprint density at radius 2 is 1.87 bits per heavy atom. The molecule has 1 aliphatic carbocycles. The number of fused-ring (bicyclic) bond motifs is 1. The summed E-state index contributed by atoms with van der Waals surface area (Å²) in [6.07, 6.45) is 3.46. The average molecular weight is 429 g/mol. The molecule has 0 aromatic heterocycles. The molecule has 1 saturated heterocycles. The number of ether oxygens (including phenoxy) is 2. The maximum atomic E-state index is 13.6. The molecule has 2 aromatic rings. The van der Waals surface area contributed by atoms with Crippen LogP contribution in [0.4, 0.5) is 0 Å². The first-order valence-electron chi connectivity index (χ1n) is 10.6. The van der Waals surface area contributed by atoms with Crippen molar-refractivity contribution in [1.29, 1.82) is 0 Å². The van der Waals surface area contributed by atoms with Crippen molar-refractivity contribution in [1.82, 2.24) is 9.21 Å². The van der Waals surface area contributed by atoms with Gasteiger partial charge in [-0.3, -0.25) is 4.90 Å². The number of hydrogen-bond donors (Lipinski definition) is 0. The van der Waals surface area contributed by atoms with Gasteiger partial charge in [0.25, 0.3) is 0 Å². The number of rotatable bonds is 5. The van der Waals surface area contributed by atoms with Crippen LogP contribution in [0.15, 0.2) is 53.4 Å². The molecule has 2 heterocycles. The molecule has 6 nitrogen and oxygen atoms in total. The molecule has 0 radical (unpaired) electrons. The fraction of sp³-hybridized carbons (Fsp3) is 0.478. The van der Waals surface area contributed by atoms with Gasteiger partial charge in [-0.1, -0.05) is 24.3 Å². The Kier molecular flexibility index (Phi) is 5.00. The highest BCUT2D eigenvalue weighted by Crippen LogP contribution is 2.40. The van der Waals surface area contributed by atoms with E-state index in [2.05, 4.69) is 4.90 Å². The van der Waals surface area contributed by atoms with Gasteiger partial charge in [0.2, 0.25) is 10.0 Å². The smallest absolute Gasteiger partial charge is 0.247 e. The van der Waals surface area contributed by atoms with Gasteiger partial charge in [0, 0.05) is 32.6 Å². The third kappa shape index (κ3) is 3.82. The summed E-state index contributed by atoms with van der Waals surface area (Å²) in [6, 6.07) is 14.6. The number of methoxy groups -OCH3 is 1. The third-order valence-corrected chi connectivity index (χ3v) is 8.22. The van der Waals surface area contributed by atoms with Crippen molar-refractivity contribution in [2.24, 2.45) is 5.92 Å². The lowest BCUT2D eigenvalue weighted by molar-refractivity contribution is 0.0574. The predicted octanol–water partition coefficient (Wildman–Crippen LogP) is 3.13. The highest BCUT2D eigenvalue weighted by molar-refractivity contribution is 7.89. The zero-order chi connectivity index (χ0) is 20.8. The number of likely N-dealkylation sites (tertiary alicyclic amines) is 1. The Balaban J connectivity index is 1.48. The second-order valence-electron chi connectivity index (χ2n) is 8.78. The molecule has 5 rings (SSSR count). The molecule has 1 atom stereocenters. The summed E-state index contributed by atoms with van der Waals surface area (Å²) < 4.78 is 40.5. The lowest BCUT2D eigenvalue weighted by Crippen LogP contribution is -2.49. The monoisotopic (exact) mass is 428 g/mol. The fourth-order valence-electron chi connectivity index (χ4n) is 4.60. The largest absolute Gasteiger partial charge is 0.497 e. The van der Waals surface area contributed by atoms with Crippen molar-refractivity contribution < 1.29 is 17.9 Å². The minimum absolute atomic E-state index is 0.260. The standard InChI is InChI=1S/C23H28N2O4S/c1-28-20-10-8-19(9-11-20)15-25-17-23(12-13-24(16-23)14-18-6-7-18)29-21-4-2-3-5-22(21)30(25,26)27/h2-5,8-11,18H,6-7,12-17H2,1H3. The van der Waals surface area contributed by atoms with Crippen LogP contribution >= 0.6 is 0 Å². The molecule has 1 spiro atoms. The van der Waals surface area contributed by atoms with E-state index in [1.165, 1.54) is 12.8 Å². The molecular weight excluding hydrogens is 400 g/mol. The molecule has 2 aromatic carbocycles. The Bertz CT molecular complexity index is 1020. The molecular formula is C23H28N2O4S. The van der Waals surface area contributed by atoms with Crippen molar-refractivity contribution in [3.8, 4) is 11.5 Å².